The lowest BCUT2D eigenvalue weighted by Crippen LogP contribution is -2.55. The minimum Gasteiger partial charge on any atom is -0.396 e. The lowest BCUT2D eigenvalue weighted by atomic mass is 10.1. The summed E-state index contributed by atoms with van der Waals surface area (Å²) in [5.41, 5.74) is 0. The van der Waals surface area contributed by atoms with Crippen molar-refractivity contribution >= 4 is 0 Å². The fourth-order valence-electron chi connectivity index (χ4n) is 1.57. The standard InChI is InChI=1S/C8H18N2O2/c11-3-1-7-5-9-6-8(10-7)2-4-12/h7-12H,1-6H2/t7-,8-/m1/s1. The van der Waals surface area contributed by atoms with E-state index in [9.17, 15) is 0 Å². The molecule has 0 saturated carbocycles. The largest absolute Gasteiger partial charge is 0.396 e. The van der Waals surface area contributed by atoms with Crippen molar-refractivity contribution in [3.8, 4) is 0 Å². The average molecular weight is 174 g/mol. The first-order valence-corrected chi connectivity index (χ1v) is 4.55. The fourth-order valence-corrected chi connectivity index (χ4v) is 1.57. The van der Waals surface area contributed by atoms with Crippen molar-refractivity contribution < 1.29 is 10.2 Å². The Hall–Kier alpha value is -0.160. The van der Waals surface area contributed by atoms with Crippen molar-refractivity contribution in [2.45, 2.75) is 24.9 Å². The molecule has 4 nitrogen and oxygen atoms in total. The summed E-state index contributed by atoms with van der Waals surface area (Å²) in [5.74, 6) is 0. The Kier molecular flexibility index (Phi) is 4.53. The molecule has 0 unspecified atom stereocenters. The molecule has 1 fully saturated rings. The highest BCUT2D eigenvalue weighted by Gasteiger charge is 2.18. The second-order valence-electron chi connectivity index (χ2n) is 3.24. The van der Waals surface area contributed by atoms with Crippen LogP contribution in [-0.2, 0) is 0 Å². The molecule has 1 saturated heterocycles. The number of hydrogen-bond acceptors (Lipinski definition) is 4. The molecule has 72 valence electrons. The van der Waals surface area contributed by atoms with Crippen LogP contribution in [0.3, 0.4) is 0 Å². The zero-order valence-corrected chi connectivity index (χ0v) is 7.29. The molecular formula is C8H18N2O2. The first-order valence-electron chi connectivity index (χ1n) is 4.55. The van der Waals surface area contributed by atoms with Gasteiger partial charge in [0.1, 0.15) is 0 Å². The van der Waals surface area contributed by atoms with Crippen molar-refractivity contribution in [2.24, 2.45) is 0 Å². The van der Waals surface area contributed by atoms with Crippen molar-refractivity contribution in [3.63, 3.8) is 0 Å². The van der Waals surface area contributed by atoms with Crippen LogP contribution in [0.2, 0.25) is 0 Å². The van der Waals surface area contributed by atoms with Crippen LogP contribution in [0, 0.1) is 0 Å². The maximum Gasteiger partial charge on any atom is 0.0446 e. The van der Waals surface area contributed by atoms with E-state index in [0.29, 0.717) is 12.1 Å². The van der Waals surface area contributed by atoms with Gasteiger partial charge in [-0.1, -0.05) is 0 Å². The smallest absolute Gasteiger partial charge is 0.0446 e. The van der Waals surface area contributed by atoms with Crippen LogP contribution in [0.25, 0.3) is 0 Å². The monoisotopic (exact) mass is 174 g/mol. The second kappa shape index (κ2) is 5.48. The molecular weight excluding hydrogens is 156 g/mol. The number of nitrogens with one attached hydrogen (secondary N) is 2. The first kappa shape index (κ1) is 9.92. The number of hydrogen-bond donors (Lipinski definition) is 4. The number of rotatable bonds is 4. The molecule has 12 heavy (non-hydrogen) atoms. The van der Waals surface area contributed by atoms with Crippen molar-refractivity contribution in [1.82, 2.24) is 10.6 Å². The van der Waals surface area contributed by atoms with Gasteiger partial charge in [0.15, 0.2) is 0 Å². The molecule has 0 aromatic heterocycles. The van der Waals surface area contributed by atoms with Crippen LogP contribution in [0.5, 0.6) is 0 Å². The molecule has 4 heteroatoms. The number of aliphatic hydroxyl groups is 2. The summed E-state index contributed by atoms with van der Waals surface area (Å²) >= 11 is 0. The third kappa shape index (κ3) is 3.06. The van der Waals surface area contributed by atoms with Gasteiger partial charge in [-0.05, 0) is 12.8 Å². The summed E-state index contributed by atoms with van der Waals surface area (Å²) in [7, 11) is 0. The Morgan fingerprint density at radius 3 is 1.92 bits per heavy atom. The Labute approximate surface area is 73.0 Å². The molecule has 1 aliphatic heterocycles. The molecule has 0 aromatic carbocycles. The van der Waals surface area contributed by atoms with Gasteiger partial charge in [-0.3, -0.25) is 0 Å². The van der Waals surface area contributed by atoms with Crippen molar-refractivity contribution in [2.75, 3.05) is 26.3 Å². The lowest BCUT2D eigenvalue weighted by Gasteiger charge is -2.31. The lowest BCUT2D eigenvalue weighted by molar-refractivity contribution is 0.213. The highest BCUT2D eigenvalue weighted by Crippen LogP contribution is 2.00. The van der Waals surface area contributed by atoms with E-state index in [2.05, 4.69) is 10.6 Å². The van der Waals surface area contributed by atoms with E-state index in [0.717, 1.165) is 25.9 Å². The molecule has 0 amide bonds. The molecule has 0 spiro atoms. The van der Waals surface area contributed by atoms with Gasteiger partial charge in [-0.15, -0.1) is 0 Å². The van der Waals surface area contributed by atoms with Crippen LogP contribution in [0.1, 0.15) is 12.8 Å². The summed E-state index contributed by atoms with van der Waals surface area (Å²) in [4.78, 5) is 0. The summed E-state index contributed by atoms with van der Waals surface area (Å²) in [6.07, 6.45) is 1.57. The van der Waals surface area contributed by atoms with E-state index in [4.69, 9.17) is 10.2 Å². The van der Waals surface area contributed by atoms with Gasteiger partial charge in [0, 0.05) is 38.4 Å². The van der Waals surface area contributed by atoms with E-state index in [1.165, 1.54) is 0 Å². The van der Waals surface area contributed by atoms with Crippen LogP contribution >= 0.6 is 0 Å². The van der Waals surface area contributed by atoms with E-state index >= 15 is 0 Å². The van der Waals surface area contributed by atoms with Crippen molar-refractivity contribution in [1.29, 1.82) is 0 Å². The predicted octanol–water partition coefficient (Wildman–Crippen LogP) is -1.32. The Bertz CT molecular complexity index is 106. The zero-order valence-electron chi connectivity index (χ0n) is 7.29. The van der Waals surface area contributed by atoms with E-state index in [1.54, 1.807) is 0 Å². The molecule has 0 aliphatic carbocycles. The highest BCUT2D eigenvalue weighted by atomic mass is 16.3. The van der Waals surface area contributed by atoms with E-state index in [-0.39, 0.29) is 13.2 Å². The van der Waals surface area contributed by atoms with Crippen LogP contribution in [0.4, 0.5) is 0 Å². The molecule has 2 atom stereocenters. The van der Waals surface area contributed by atoms with Gasteiger partial charge in [-0.25, -0.2) is 0 Å². The van der Waals surface area contributed by atoms with Crippen LogP contribution in [-0.4, -0.2) is 48.6 Å². The van der Waals surface area contributed by atoms with Crippen molar-refractivity contribution in [3.05, 3.63) is 0 Å². The molecule has 1 heterocycles. The highest BCUT2D eigenvalue weighted by molar-refractivity contribution is 4.82. The first-order chi connectivity index (χ1) is 5.86. The summed E-state index contributed by atoms with van der Waals surface area (Å²) in [6, 6.07) is 0.723. The van der Waals surface area contributed by atoms with Gasteiger partial charge in [0.2, 0.25) is 0 Å². The quantitative estimate of drug-likeness (QED) is 0.427. The molecule has 1 aliphatic rings. The molecule has 1 rings (SSSR count). The van der Waals surface area contributed by atoms with E-state index in [1.807, 2.05) is 0 Å². The Balaban J connectivity index is 2.20. The third-order valence-electron chi connectivity index (χ3n) is 2.21. The van der Waals surface area contributed by atoms with Gasteiger partial charge in [0.25, 0.3) is 0 Å². The minimum absolute atomic E-state index is 0.227. The second-order valence-corrected chi connectivity index (χ2v) is 3.24. The zero-order chi connectivity index (χ0) is 8.81. The topological polar surface area (TPSA) is 64.5 Å². The number of aliphatic hydroxyl groups excluding tert-OH is 2. The summed E-state index contributed by atoms with van der Waals surface area (Å²) in [5, 5.41) is 24.1. The van der Waals surface area contributed by atoms with Gasteiger partial charge in [-0.2, -0.15) is 0 Å². The Morgan fingerprint density at radius 1 is 1.00 bits per heavy atom. The average Bonchev–Trinajstić information content (AvgIpc) is 2.06. The van der Waals surface area contributed by atoms with Crippen LogP contribution < -0.4 is 10.6 Å². The summed E-state index contributed by atoms with van der Waals surface area (Å²) < 4.78 is 0. The van der Waals surface area contributed by atoms with Crippen LogP contribution in [0.15, 0.2) is 0 Å². The van der Waals surface area contributed by atoms with Gasteiger partial charge in [0.05, 0.1) is 0 Å². The number of piperazine rings is 1. The van der Waals surface area contributed by atoms with E-state index < -0.39 is 0 Å². The van der Waals surface area contributed by atoms with Gasteiger partial charge < -0.3 is 20.8 Å². The molecule has 4 N–H and O–H groups in total. The SMILES string of the molecule is OCC[C@@H]1CNC[C@@H](CCO)N1. The van der Waals surface area contributed by atoms with Gasteiger partial charge >= 0.3 is 0 Å². The fraction of sp³-hybridized carbons (Fsp3) is 1.00. The summed E-state index contributed by atoms with van der Waals surface area (Å²) in [6.45, 7) is 2.29. The maximum absolute atomic E-state index is 8.72. The Morgan fingerprint density at radius 2 is 1.50 bits per heavy atom. The maximum atomic E-state index is 8.72. The molecule has 0 radical (unpaired) electrons. The predicted molar refractivity (Wildman–Crippen MR) is 47.0 cm³/mol. The third-order valence-corrected chi connectivity index (χ3v) is 2.21. The normalized spacial score (nSPS) is 30.5. The molecule has 0 aromatic rings. The minimum atomic E-state index is 0.227. The molecule has 0 bridgehead atoms.